The molecule has 0 N–H and O–H groups in total. The highest BCUT2D eigenvalue weighted by Gasteiger charge is 2.50. The van der Waals surface area contributed by atoms with Gasteiger partial charge in [-0.2, -0.15) is 0 Å². The zero-order valence-electron chi connectivity index (χ0n) is 16.4. The minimum Gasteiger partial charge on any atom is -0.312 e. The number of carbonyl (C=O) groups is 1. The number of aryl methyl sites for hydroxylation is 2. The van der Waals surface area contributed by atoms with Crippen LogP contribution in [-0.2, 0) is 20.6 Å². The molecule has 4 rings (SSSR count). The van der Waals surface area contributed by atoms with Gasteiger partial charge in [-0.1, -0.05) is 47.5 Å². The molecule has 1 unspecified atom stereocenters. The molecule has 1 amide bonds. The van der Waals surface area contributed by atoms with E-state index in [1.807, 2.05) is 67.3 Å². The fourth-order valence-electron chi connectivity index (χ4n) is 4.25. The molecule has 2 heterocycles. The van der Waals surface area contributed by atoms with Crippen molar-refractivity contribution in [2.75, 3.05) is 24.5 Å². The van der Waals surface area contributed by atoms with Crippen molar-refractivity contribution in [3.63, 3.8) is 0 Å². The van der Waals surface area contributed by atoms with Crippen LogP contribution < -0.4 is 4.90 Å². The third-order valence-corrected chi connectivity index (χ3v) is 7.73. The number of anilines is 1. The van der Waals surface area contributed by atoms with E-state index >= 15 is 0 Å². The number of hydrogen-bond acceptors (Lipinski definition) is 3. The lowest BCUT2D eigenvalue weighted by Crippen LogP contribution is -2.34. The van der Waals surface area contributed by atoms with Crippen LogP contribution in [0.4, 0.5) is 5.69 Å². The fourth-order valence-corrected chi connectivity index (χ4v) is 5.88. The van der Waals surface area contributed by atoms with Crippen molar-refractivity contribution in [2.45, 2.75) is 32.4 Å². The van der Waals surface area contributed by atoms with Gasteiger partial charge in [0.2, 0.25) is 15.9 Å². The highest BCUT2D eigenvalue weighted by atomic mass is 32.2. The third kappa shape index (κ3) is 3.71. The highest BCUT2D eigenvalue weighted by molar-refractivity contribution is 7.88. The van der Waals surface area contributed by atoms with Crippen LogP contribution in [0.15, 0.2) is 48.5 Å². The largest absolute Gasteiger partial charge is 0.312 e. The molecule has 0 saturated carbocycles. The van der Waals surface area contributed by atoms with E-state index in [9.17, 15) is 13.2 Å². The lowest BCUT2D eigenvalue weighted by atomic mass is 9.86. The van der Waals surface area contributed by atoms with Crippen LogP contribution >= 0.6 is 0 Å². The van der Waals surface area contributed by atoms with Gasteiger partial charge in [-0.15, -0.1) is 0 Å². The molecule has 2 aliphatic rings. The van der Waals surface area contributed by atoms with Gasteiger partial charge in [-0.25, -0.2) is 12.7 Å². The molecule has 2 aromatic rings. The SMILES string of the molecule is Cc1ccc(CS(=O)(=O)N2CCC3(CC(=O)N(c4ccc(C)cc4)C3)C2)cc1. The molecule has 2 fully saturated rings. The molecule has 0 aromatic heterocycles. The first-order valence-electron chi connectivity index (χ1n) is 9.67. The Morgan fingerprint density at radius 2 is 1.54 bits per heavy atom. The van der Waals surface area contributed by atoms with E-state index in [-0.39, 0.29) is 17.1 Å². The first kappa shape index (κ1) is 19.2. The van der Waals surface area contributed by atoms with E-state index in [2.05, 4.69) is 0 Å². The van der Waals surface area contributed by atoms with Crippen LogP contribution in [0.1, 0.15) is 29.5 Å². The number of amides is 1. The van der Waals surface area contributed by atoms with Gasteiger partial charge in [0.15, 0.2) is 0 Å². The normalized spacial score (nSPS) is 23.1. The molecule has 28 heavy (non-hydrogen) atoms. The van der Waals surface area contributed by atoms with E-state index in [1.54, 1.807) is 4.31 Å². The second-order valence-electron chi connectivity index (χ2n) is 8.32. The van der Waals surface area contributed by atoms with E-state index in [0.717, 1.165) is 28.8 Å². The summed E-state index contributed by atoms with van der Waals surface area (Å²) in [4.78, 5) is 14.5. The van der Waals surface area contributed by atoms with Crippen LogP contribution in [0.3, 0.4) is 0 Å². The first-order valence-corrected chi connectivity index (χ1v) is 11.3. The van der Waals surface area contributed by atoms with Gasteiger partial charge in [-0.3, -0.25) is 4.79 Å². The molecule has 1 atom stereocenters. The quantitative estimate of drug-likeness (QED) is 0.794. The molecule has 0 radical (unpaired) electrons. The van der Waals surface area contributed by atoms with E-state index in [1.165, 1.54) is 0 Å². The molecule has 2 saturated heterocycles. The molecule has 2 aromatic carbocycles. The summed E-state index contributed by atoms with van der Waals surface area (Å²) in [7, 11) is -3.39. The maximum Gasteiger partial charge on any atom is 0.227 e. The lowest BCUT2D eigenvalue weighted by molar-refractivity contribution is -0.117. The average Bonchev–Trinajstić information content (AvgIpc) is 3.21. The van der Waals surface area contributed by atoms with Gasteiger partial charge in [0, 0.05) is 37.2 Å². The van der Waals surface area contributed by atoms with Crippen molar-refractivity contribution in [1.29, 1.82) is 0 Å². The molecule has 6 heteroatoms. The number of benzene rings is 2. The third-order valence-electron chi connectivity index (χ3n) is 5.93. The van der Waals surface area contributed by atoms with Crippen molar-refractivity contribution in [2.24, 2.45) is 5.41 Å². The Morgan fingerprint density at radius 3 is 2.18 bits per heavy atom. The minimum absolute atomic E-state index is 0.0129. The maximum absolute atomic E-state index is 12.9. The number of hydrogen-bond donors (Lipinski definition) is 0. The van der Waals surface area contributed by atoms with Crippen molar-refractivity contribution < 1.29 is 13.2 Å². The van der Waals surface area contributed by atoms with E-state index in [0.29, 0.717) is 26.1 Å². The zero-order chi connectivity index (χ0) is 19.9. The summed E-state index contributed by atoms with van der Waals surface area (Å²) >= 11 is 0. The van der Waals surface area contributed by atoms with Gasteiger partial charge in [0.25, 0.3) is 0 Å². The Balaban J connectivity index is 1.48. The molecule has 1 spiro atoms. The van der Waals surface area contributed by atoms with Gasteiger partial charge in [-0.05, 0) is 38.0 Å². The van der Waals surface area contributed by atoms with Gasteiger partial charge < -0.3 is 4.90 Å². The van der Waals surface area contributed by atoms with Crippen LogP contribution in [0.25, 0.3) is 0 Å². The monoisotopic (exact) mass is 398 g/mol. The van der Waals surface area contributed by atoms with Crippen LogP contribution in [0.2, 0.25) is 0 Å². The van der Waals surface area contributed by atoms with E-state index in [4.69, 9.17) is 0 Å². The van der Waals surface area contributed by atoms with Crippen molar-refractivity contribution in [3.05, 3.63) is 65.2 Å². The molecule has 5 nitrogen and oxygen atoms in total. The summed E-state index contributed by atoms with van der Waals surface area (Å²) < 4.78 is 27.4. The van der Waals surface area contributed by atoms with Crippen LogP contribution in [0, 0.1) is 19.3 Å². The predicted molar refractivity (Wildman–Crippen MR) is 111 cm³/mol. The second-order valence-corrected chi connectivity index (χ2v) is 10.3. The minimum atomic E-state index is -3.39. The van der Waals surface area contributed by atoms with Gasteiger partial charge in [0.1, 0.15) is 0 Å². The first-order chi connectivity index (χ1) is 13.3. The number of rotatable bonds is 4. The molecular formula is C22H26N2O3S. The summed E-state index contributed by atoms with van der Waals surface area (Å²) in [6.07, 6.45) is 1.14. The summed E-state index contributed by atoms with van der Waals surface area (Å²) in [6.45, 7) is 5.51. The molecule has 0 aliphatic carbocycles. The Kier molecular flexibility index (Phi) is 4.79. The molecule has 148 valence electrons. The Morgan fingerprint density at radius 1 is 0.929 bits per heavy atom. The second kappa shape index (κ2) is 7.01. The van der Waals surface area contributed by atoms with Gasteiger partial charge >= 0.3 is 0 Å². The van der Waals surface area contributed by atoms with Crippen LogP contribution in [-0.4, -0.2) is 38.3 Å². The fraction of sp³-hybridized carbons (Fsp3) is 0.409. The zero-order valence-corrected chi connectivity index (χ0v) is 17.2. The topological polar surface area (TPSA) is 57.7 Å². The van der Waals surface area contributed by atoms with Gasteiger partial charge in [0.05, 0.1) is 5.75 Å². The Labute approximate surface area is 167 Å². The maximum atomic E-state index is 12.9. The summed E-state index contributed by atoms with van der Waals surface area (Å²) in [5, 5.41) is 0. The standard InChI is InChI=1S/C22H26N2O3S/c1-17-3-7-19(8-4-17)14-28(26,27)23-12-11-22(15-23)13-21(25)24(16-22)20-9-5-18(2)6-10-20/h3-10H,11-16H2,1-2H3. The number of carbonyl (C=O) groups excluding carboxylic acids is 1. The summed E-state index contributed by atoms with van der Waals surface area (Å²) in [5.41, 5.74) is 3.69. The number of sulfonamides is 1. The lowest BCUT2D eigenvalue weighted by Gasteiger charge is -2.24. The Hall–Kier alpha value is -2.18. The highest BCUT2D eigenvalue weighted by Crippen LogP contribution is 2.42. The van der Waals surface area contributed by atoms with Crippen molar-refractivity contribution in [3.8, 4) is 0 Å². The van der Waals surface area contributed by atoms with Crippen LogP contribution in [0.5, 0.6) is 0 Å². The van der Waals surface area contributed by atoms with Crippen molar-refractivity contribution >= 4 is 21.6 Å². The summed E-state index contributed by atoms with van der Waals surface area (Å²) in [5.74, 6) is 0.0977. The Bertz CT molecular complexity index is 983. The summed E-state index contributed by atoms with van der Waals surface area (Å²) in [6, 6.07) is 15.5. The average molecular weight is 399 g/mol. The predicted octanol–water partition coefficient (Wildman–Crippen LogP) is 3.26. The smallest absolute Gasteiger partial charge is 0.227 e. The molecule has 0 bridgehead atoms. The number of nitrogens with zero attached hydrogens (tertiary/aromatic N) is 2. The molecule has 2 aliphatic heterocycles. The van der Waals surface area contributed by atoms with E-state index < -0.39 is 10.0 Å². The van der Waals surface area contributed by atoms with Crippen molar-refractivity contribution in [1.82, 2.24) is 4.31 Å². The molecular weight excluding hydrogens is 372 g/mol.